The Kier molecular flexibility index (Phi) is 6.30. The molecule has 1 N–H and O–H groups in total. The number of Topliss-reactive ketones (excluding diaryl/α,β-unsaturated/α-hetero) is 1. The fraction of sp³-hybridized carbons (Fsp3) is 0.158. The van der Waals surface area contributed by atoms with E-state index in [0.717, 1.165) is 0 Å². The Bertz CT molecular complexity index is 833. The fourth-order valence-electron chi connectivity index (χ4n) is 2.35. The predicted molar refractivity (Wildman–Crippen MR) is 98.7 cm³/mol. The molecule has 7 heteroatoms. The molecule has 2 aromatic carbocycles. The molecule has 0 aliphatic rings. The van der Waals surface area contributed by atoms with E-state index in [1.165, 1.54) is 43.3 Å². The molecule has 0 aliphatic heterocycles. The fourth-order valence-corrected chi connectivity index (χ4v) is 2.67. The molecule has 1 atom stereocenters. The molecule has 26 heavy (non-hydrogen) atoms. The number of rotatable bonds is 6. The minimum atomic E-state index is -1.42. The molecule has 6 nitrogen and oxygen atoms in total. The van der Waals surface area contributed by atoms with Crippen molar-refractivity contribution in [3.05, 3.63) is 71.3 Å². The number of imide groups is 1. The lowest BCUT2D eigenvalue weighted by molar-refractivity contribution is -0.140. The van der Waals surface area contributed by atoms with Crippen molar-refractivity contribution >= 4 is 36.2 Å². The number of benzene rings is 2. The molecular formula is C19H17NO5S. The Labute approximate surface area is 155 Å². The molecular weight excluding hydrogens is 354 g/mol. The minimum Gasteiger partial charge on any atom is -0.480 e. The first-order chi connectivity index (χ1) is 12.4. The van der Waals surface area contributed by atoms with Crippen LogP contribution in [-0.4, -0.2) is 45.4 Å². The van der Waals surface area contributed by atoms with Crippen molar-refractivity contribution in [1.29, 1.82) is 0 Å². The molecule has 0 spiro atoms. The van der Waals surface area contributed by atoms with Crippen molar-refractivity contribution in [2.24, 2.45) is 0 Å². The Hall–Kier alpha value is -2.93. The van der Waals surface area contributed by atoms with Crippen LogP contribution in [0.5, 0.6) is 0 Å². The van der Waals surface area contributed by atoms with Crippen LogP contribution in [0.2, 0.25) is 0 Å². The van der Waals surface area contributed by atoms with Crippen molar-refractivity contribution in [3.63, 3.8) is 0 Å². The lowest BCUT2D eigenvalue weighted by atomic mass is 10.1. The van der Waals surface area contributed by atoms with Gasteiger partial charge in [-0.1, -0.05) is 30.3 Å². The van der Waals surface area contributed by atoms with Gasteiger partial charge in [0, 0.05) is 22.4 Å². The average Bonchev–Trinajstić information content (AvgIpc) is 2.65. The van der Waals surface area contributed by atoms with Crippen LogP contribution in [0.25, 0.3) is 0 Å². The van der Waals surface area contributed by atoms with Crippen LogP contribution < -0.4 is 0 Å². The number of carboxylic acids is 1. The van der Waals surface area contributed by atoms with Crippen LogP contribution in [0.15, 0.2) is 54.6 Å². The first kappa shape index (κ1) is 19.4. The molecule has 0 aromatic heterocycles. The summed E-state index contributed by atoms with van der Waals surface area (Å²) in [6.45, 7) is 1.39. The maximum absolute atomic E-state index is 12.9. The highest BCUT2D eigenvalue weighted by atomic mass is 32.1. The highest BCUT2D eigenvalue weighted by Crippen LogP contribution is 2.16. The molecule has 0 aliphatic carbocycles. The second kappa shape index (κ2) is 8.44. The number of hydrogen-bond donors (Lipinski definition) is 2. The molecule has 0 saturated heterocycles. The number of thiol groups is 1. The number of amides is 2. The molecule has 0 fully saturated rings. The Balaban J connectivity index is 2.45. The summed E-state index contributed by atoms with van der Waals surface area (Å²) < 4.78 is 0. The van der Waals surface area contributed by atoms with Gasteiger partial charge in [0.2, 0.25) is 0 Å². The molecule has 2 rings (SSSR count). The zero-order chi connectivity index (χ0) is 19.3. The standard InChI is InChI=1S/C19H17NO5S/c1-12(21)13-7-9-15(10-8-13)18(23)20(16(11-26)19(24)25)17(22)14-5-3-2-4-6-14/h2-10,16,26H,11H2,1H3,(H,24,25). The van der Waals surface area contributed by atoms with Gasteiger partial charge in [-0.25, -0.2) is 4.79 Å². The maximum Gasteiger partial charge on any atom is 0.327 e. The Morgan fingerprint density at radius 2 is 1.35 bits per heavy atom. The molecule has 1 unspecified atom stereocenters. The summed E-state index contributed by atoms with van der Waals surface area (Å²) in [5.41, 5.74) is 0.702. The van der Waals surface area contributed by atoms with E-state index in [4.69, 9.17) is 0 Å². The van der Waals surface area contributed by atoms with E-state index in [0.29, 0.717) is 10.5 Å². The number of aliphatic carboxylic acids is 1. The molecule has 0 radical (unpaired) electrons. The van der Waals surface area contributed by atoms with E-state index in [1.807, 2.05) is 0 Å². The molecule has 2 amide bonds. The lowest BCUT2D eigenvalue weighted by Crippen LogP contribution is -2.49. The zero-order valence-electron chi connectivity index (χ0n) is 14.0. The largest absolute Gasteiger partial charge is 0.480 e. The van der Waals surface area contributed by atoms with E-state index in [2.05, 4.69) is 12.6 Å². The summed E-state index contributed by atoms with van der Waals surface area (Å²) in [5.74, 6) is -3.23. The summed E-state index contributed by atoms with van der Waals surface area (Å²) in [7, 11) is 0. The van der Waals surface area contributed by atoms with Crippen molar-refractivity contribution < 1.29 is 24.3 Å². The van der Waals surface area contributed by atoms with Crippen molar-refractivity contribution in [2.45, 2.75) is 13.0 Å². The Morgan fingerprint density at radius 3 is 1.77 bits per heavy atom. The number of nitrogens with zero attached hydrogens (tertiary/aromatic N) is 1. The van der Waals surface area contributed by atoms with Gasteiger partial charge in [0.25, 0.3) is 11.8 Å². The molecule has 2 aromatic rings. The second-order valence-corrected chi connectivity index (χ2v) is 5.88. The minimum absolute atomic E-state index is 0.104. The second-order valence-electron chi connectivity index (χ2n) is 5.52. The highest BCUT2D eigenvalue weighted by Gasteiger charge is 2.35. The first-order valence-corrected chi connectivity index (χ1v) is 8.37. The van der Waals surface area contributed by atoms with Gasteiger partial charge in [-0.15, -0.1) is 0 Å². The van der Waals surface area contributed by atoms with Gasteiger partial charge in [0.15, 0.2) is 5.78 Å². The summed E-state index contributed by atoms with van der Waals surface area (Å²) >= 11 is 3.98. The van der Waals surface area contributed by atoms with Crippen LogP contribution in [0.1, 0.15) is 38.0 Å². The van der Waals surface area contributed by atoms with Gasteiger partial charge in [-0.05, 0) is 31.2 Å². The van der Waals surface area contributed by atoms with E-state index in [1.54, 1.807) is 18.2 Å². The third-order valence-corrected chi connectivity index (χ3v) is 4.11. The third kappa shape index (κ3) is 4.18. The zero-order valence-corrected chi connectivity index (χ0v) is 14.8. The average molecular weight is 371 g/mol. The van der Waals surface area contributed by atoms with Gasteiger partial charge in [-0.2, -0.15) is 12.6 Å². The van der Waals surface area contributed by atoms with Gasteiger partial charge in [0.1, 0.15) is 6.04 Å². The van der Waals surface area contributed by atoms with Crippen LogP contribution in [-0.2, 0) is 4.79 Å². The number of ketones is 1. The van der Waals surface area contributed by atoms with E-state index >= 15 is 0 Å². The van der Waals surface area contributed by atoms with Crippen molar-refractivity contribution in [2.75, 3.05) is 5.75 Å². The van der Waals surface area contributed by atoms with Gasteiger partial charge >= 0.3 is 5.97 Å². The maximum atomic E-state index is 12.9. The van der Waals surface area contributed by atoms with Crippen molar-refractivity contribution in [3.8, 4) is 0 Å². The van der Waals surface area contributed by atoms with Crippen LogP contribution in [0.3, 0.4) is 0 Å². The van der Waals surface area contributed by atoms with E-state index in [9.17, 15) is 24.3 Å². The number of hydrogen-bond acceptors (Lipinski definition) is 5. The Morgan fingerprint density at radius 1 is 0.885 bits per heavy atom. The van der Waals surface area contributed by atoms with Gasteiger partial charge < -0.3 is 5.11 Å². The predicted octanol–water partition coefficient (Wildman–Crippen LogP) is 2.55. The highest BCUT2D eigenvalue weighted by molar-refractivity contribution is 7.80. The molecule has 0 saturated carbocycles. The summed E-state index contributed by atoms with van der Waals surface area (Å²) in [6.07, 6.45) is 0. The monoisotopic (exact) mass is 371 g/mol. The summed E-state index contributed by atoms with van der Waals surface area (Å²) in [4.78, 5) is 49.3. The topological polar surface area (TPSA) is 91.8 Å². The van der Waals surface area contributed by atoms with Crippen molar-refractivity contribution in [1.82, 2.24) is 4.90 Å². The van der Waals surface area contributed by atoms with Gasteiger partial charge in [0.05, 0.1) is 0 Å². The molecule has 0 bridgehead atoms. The number of carbonyl (C=O) groups excluding carboxylic acids is 3. The van der Waals surface area contributed by atoms with E-state index in [-0.39, 0.29) is 22.7 Å². The smallest absolute Gasteiger partial charge is 0.327 e. The van der Waals surface area contributed by atoms with Gasteiger partial charge in [-0.3, -0.25) is 19.3 Å². The quantitative estimate of drug-likeness (QED) is 0.463. The van der Waals surface area contributed by atoms with Crippen LogP contribution in [0, 0.1) is 0 Å². The number of carboxylic acid groups (broad SMARTS) is 1. The lowest BCUT2D eigenvalue weighted by Gasteiger charge is -2.26. The first-order valence-electron chi connectivity index (χ1n) is 7.74. The SMILES string of the molecule is CC(=O)c1ccc(C(=O)N(C(=O)c2ccccc2)C(CS)C(=O)O)cc1. The normalized spacial score (nSPS) is 11.5. The third-order valence-electron chi connectivity index (χ3n) is 3.77. The van der Waals surface area contributed by atoms with Crippen LogP contribution in [0.4, 0.5) is 0 Å². The van der Waals surface area contributed by atoms with Crippen LogP contribution >= 0.6 is 12.6 Å². The summed E-state index contributed by atoms with van der Waals surface area (Å²) in [5, 5.41) is 9.41. The number of carbonyl (C=O) groups is 4. The summed E-state index contributed by atoms with van der Waals surface area (Å²) in [6, 6.07) is 12.2. The van der Waals surface area contributed by atoms with E-state index < -0.39 is 23.8 Å². The molecule has 134 valence electrons. The molecule has 0 heterocycles.